The zero-order chi connectivity index (χ0) is 13.9. The first-order valence-corrected chi connectivity index (χ1v) is 5.11. The molecule has 0 heterocycles. The Morgan fingerprint density at radius 2 is 2.11 bits per heavy atom. The average Bonchev–Trinajstić information content (AvgIpc) is 2.26. The molecule has 1 rings (SSSR count). The molecular formula is C11H12F2N2O3. The van der Waals surface area contributed by atoms with Crippen LogP contribution in [-0.2, 0) is 0 Å². The first-order valence-electron chi connectivity index (χ1n) is 5.11. The maximum absolute atomic E-state index is 12.2. The maximum atomic E-state index is 12.2. The van der Waals surface area contributed by atoms with Gasteiger partial charge in [0.05, 0.1) is 11.5 Å². The third-order valence-electron chi connectivity index (χ3n) is 2.40. The average molecular weight is 258 g/mol. The van der Waals surface area contributed by atoms with Gasteiger partial charge in [-0.05, 0) is 19.1 Å². The number of halogens is 2. The summed E-state index contributed by atoms with van der Waals surface area (Å²) in [5.41, 5.74) is -0.118. The Bertz CT molecular complexity index is 477. The third-order valence-corrected chi connectivity index (χ3v) is 2.40. The predicted octanol–water partition coefficient (Wildman–Crippen LogP) is 2.50. The molecule has 0 N–H and O–H groups in total. The van der Waals surface area contributed by atoms with Gasteiger partial charge in [0.15, 0.2) is 5.78 Å². The third kappa shape index (κ3) is 3.22. The fourth-order valence-electron chi connectivity index (χ4n) is 1.52. The van der Waals surface area contributed by atoms with Crippen LogP contribution in [0.15, 0.2) is 18.2 Å². The number of alkyl halides is 2. The summed E-state index contributed by atoms with van der Waals surface area (Å²) in [6, 6.07) is 3.78. The molecule has 98 valence electrons. The summed E-state index contributed by atoms with van der Waals surface area (Å²) in [6.45, 7) is 0.669. The second-order valence-electron chi connectivity index (χ2n) is 3.79. The van der Waals surface area contributed by atoms with Crippen molar-refractivity contribution in [3.8, 4) is 0 Å². The van der Waals surface area contributed by atoms with E-state index in [2.05, 4.69) is 0 Å². The number of anilines is 1. The molecule has 0 radical (unpaired) electrons. The zero-order valence-corrected chi connectivity index (χ0v) is 9.89. The molecule has 5 nitrogen and oxygen atoms in total. The predicted molar refractivity (Wildman–Crippen MR) is 62.4 cm³/mol. The highest BCUT2D eigenvalue weighted by molar-refractivity contribution is 5.95. The van der Waals surface area contributed by atoms with Crippen molar-refractivity contribution in [1.82, 2.24) is 0 Å². The second-order valence-corrected chi connectivity index (χ2v) is 3.79. The van der Waals surface area contributed by atoms with E-state index < -0.39 is 17.9 Å². The monoisotopic (exact) mass is 258 g/mol. The lowest BCUT2D eigenvalue weighted by molar-refractivity contribution is -0.384. The highest BCUT2D eigenvalue weighted by Gasteiger charge is 2.20. The fraction of sp³-hybridized carbons (Fsp3) is 0.364. The van der Waals surface area contributed by atoms with Gasteiger partial charge in [-0.2, -0.15) is 0 Å². The minimum atomic E-state index is -2.60. The topological polar surface area (TPSA) is 63.5 Å². The first kappa shape index (κ1) is 14.0. The lowest BCUT2D eigenvalue weighted by Crippen LogP contribution is -2.24. The summed E-state index contributed by atoms with van der Waals surface area (Å²) in [6.07, 6.45) is -2.60. The van der Waals surface area contributed by atoms with Crippen LogP contribution in [0.25, 0.3) is 0 Å². The first-order chi connectivity index (χ1) is 8.32. The van der Waals surface area contributed by atoms with Gasteiger partial charge in [0.2, 0.25) is 0 Å². The molecule has 0 atom stereocenters. The molecule has 7 heteroatoms. The molecule has 0 aromatic heterocycles. The van der Waals surface area contributed by atoms with Crippen molar-refractivity contribution in [2.75, 3.05) is 18.5 Å². The SMILES string of the molecule is CC(=O)c1ccc(N(C)CC(F)F)c([N+](=O)[O-])c1. The molecule has 0 fully saturated rings. The Morgan fingerprint density at radius 3 is 2.56 bits per heavy atom. The van der Waals surface area contributed by atoms with Gasteiger partial charge in [0, 0.05) is 18.7 Å². The molecule has 0 saturated carbocycles. The Balaban J connectivity index is 3.19. The van der Waals surface area contributed by atoms with E-state index in [4.69, 9.17) is 0 Å². The smallest absolute Gasteiger partial charge is 0.293 e. The number of nitro benzene ring substituents is 1. The summed E-state index contributed by atoms with van der Waals surface area (Å²) >= 11 is 0. The van der Waals surface area contributed by atoms with E-state index in [1.165, 1.54) is 26.1 Å². The van der Waals surface area contributed by atoms with Crippen molar-refractivity contribution in [3.05, 3.63) is 33.9 Å². The molecule has 0 aliphatic carbocycles. The summed E-state index contributed by atoms with van der Waals surface area (Å²) in [5.74, 6) is -0.318. The molecule has 0 saturated heterocycles. The number of ketones is 1. The van der Waals surface area contributed by atoms with Crippen LogP contribution < -0.4 is 4.90 Å². The number of nitrogens with zero attached hydrogens (tertiary/aromatic N) is 2. The Kier molecular flexibility index (Phi) is 4.30. The normalized spacial score (nSPS) is 10.5. The van der Waals surface area contributed by atoms with Gasteiger partial charge in [-0.1, -0.05) is 0 Å². The van der Waals surface area contributed by atoms with Crippen LogP contribution in [-0.4, -0.2) is 30.7 Å². The van der Waals surface area contributed by atoms with E-state index in [0.717, 1.165) is 11.0 Å². The second kappa shape index (κ2) is 5.52. The van der Waals surface area contributed by atoms with Gasteiger partial charge in [-0.3, -0.25) is 14.9 Å². The van der Waals surface area contributed by atoms with Gasteiger partial charge < -0.3 is 4.90 Å². The number of nitro groups is 1. The molecule has 1 aromatic rings. The Morgan fingerprint density at radius 1 is 1.50 bits per heavy atom. The minimum Gasteiger partial charge on any atom is -0.363 e. The lowest BCUT2D eigenvalue weighted by Gasteiger charge is -2.18. The van der Waals surface area contributed by atoms with Gasteiger partial charge in [0.1, 0.15) is 5.69 Å². The van der Waals surface area contributed by atoms with Crippen LogP contribution in [0.5, 0.6) is 0 Å². The van der Waals surface area contributed by atoms with Crippen molar-refractivity contribution in [2.45, 2.75) is 13.3 Å². The Hall–Kier alpha value is -2.05. The zero-order valence-electron chi connectivity index (χ0n) is 9.89. The number of carbonyl (C=O) groups excluding carboxylic acids is 1. The fourth-order valence-corrected chi connectivity index (χ4v) is 1.52. The van der Waals surface area contributed by atoms with E-state index in [9.17, 15) is 23.7 Å². The van der Waals surface area contributed by atoms with Gasteiger partial charge in [-0.25, -0.2) is 8.78 Å². The largest absolute Gasteiger partial charge is 0.363 e. The molecule has 0 bridgehead atoms. The molecule has 1 aromatic carbocycles. The molecular weight excluding hydrogens is 246 g/mol. The summed E-state index contributed by atoms with van der Waals surface area (Å²) in [4.78, 5) is 22.4. The molecule has 0 aliphatic rings. The Labute approximate surface area is 102 Å². The number of Topliss-reactive ketones (excluding diaryl/α,β-unsaturated/α-hetero) is 1. The molecule has 0 aliphatic heterocycles. The molecule has 0 unspecified atom stereocenters. The number of carbonyl (C=O) groups is 1. The van der Waals surface area contributed by atoms with Gasteiger partial charge in [0.25, 0.3) is 12.1 Å². The van der Waals surface area contributed by atoms with Crippen LogP contribution in [0.4, 0.5) is 20.2 Å². The van der Waals surface area contributed by atoms with Crippen molar-refractivity contribution < 1.29 is 18.5 Å². The quantitative estimate of drug-likeness (QED) is 0.462. The standard InChI is InChI=1S/C11H12F2N2O3/c1-7(16)8-3-4-9(10(5-8)15(17)18)14(2)6-11(12)13/h3-5,11H,6H2,1-2H3. The van der Waals surface area contributed by atoms with Crippen molar-refractivity contribution in [3.63, 3.8) is 0 Å². The van der Waals surface area contributed by atoms with Crippen LogP contribution >= 0.6 is 0 Å². The molecule has 0 spiro atoms. The summed E-state index contributed by atoms with van der Waals surface area (Å²) in [5, 5.41) is 10.9. The van der Waals surface area contributed by atoms with E-state index >= 15 is 0 Å². The van der Waals surface area contributed by atoms with Crippen LogP contribution in [0, 0.1) is 10.1 Å². The van der Waals surface area contributed by atoms with Crippen LogP contribution in [0.2, 0.25) is 0 Å². The van der Waals surface area contributed by atoms with Gasteiger partial charge in [-0.15, -0.1) is 0 Å². The number of rotatable bonds is 5. The number of benzene rings is 1. The molecule has 0 amide bonds. The number of hydrogen-bond acceptors (Lipinski definition) is 4. The van der Waals surface area contributed by atoms with Crippen molar-refractivity contribution in [1.29, 1.82) is 0 Å². The van der Waals surface area contributed by atoms with Crippen molar-refractivity contribution in [2.24, 2.45) is 0 Å². The maximum Gasteiger partial charge on any atom is 0.293 e. The van der Waals surface area contributed by atoms with E-state index in [-0.39, 0.29) is 22.7 Å². The van der Waals surface area contributed by atoms with Crippen molar-refractivity contribution >= 4 is 17.2 Å². The van der Waals surface area contributed by atoms with E-state index in [1.807, 2.05) is 0 Å². The molecule has 18 heavy (non-hydrogen) atoms. The van der Waals surface area contributed by atoms with E-state index in [0.29, 0.717) is 0 Å². The lowest BCUT2D eigenvalue weighted by atomic mass is 10.1. The summed E-state index contributed by atoms with van der Waals surface area (Å²) in [7, 11) is 1.34. The van der Waals surface area contributed by atoms with Crippen LogP contribution in [0.3, 0.4) is 0 Å². The van der Waals surface area contributed by atoms with Gasteiger partial charge >= 0.3 is 0 Å². The van der Waals surface area contributed by atoms with E-state index in [1.54, 1.807) is 0 Å². The number of hydrogen-bond donors (Lipinski definition) is 0. The highest BCUT2D eigenvalue weighted by Crippen LogP contribution is 2.29. The highest BCUT2D eigenvalue weighted by atomic mass is 19.3. The summed E-state index contributed by atoms with van der Waals surface area (Å²) < 4.78 is 24.5. The van der Waals surface area contributed by atoms with Crippen LogP contribution in [0.1, 0.15) is 17.3 Å². The minimum absolute atomic E-state index is 0.0605.